The zero-order valence-corrected chi connectivity index (χ0v) is 12.5. The molecule has 1 aromatic rings. The fraction of sp³-hybridized carbons (Fsp3) is 0.467. The highest BCUT2D eigenvalue weighted by molar-refractivity contribution is 5.98. The summed E-state index contributed by atoms with van der Waals surface area (Å²) in [6.07, 6.45) is 0. The van der Waals surface area contributed by atoms with Gasteiger partial charge in [-0.2, -0.15) is 0 Å². The van der Waals surface area contributed by atoms with Crippen LogP contribution in [-0.4, -0.2) is 43.7 Å². The highest BCUT2D eigenvalue weighted by atomic mass is 16.5. The van der Waals surface area contributed by atoms with E-state index in [1.165, 1.54) is 0 Å². The van der Waals surface area contributed by atoms with E-state index in [9.17, 15) is 9.59 Å². The summed E-state index contributed by atoms with van der Waals surface area (Å²) in [6.45, 7) is 4.62. The number of ether oxygens (including phenoxy) is 1. The van der Waals surface area contributed by atoms with E-state index in [1.54, 1.807) is 11.8 Å². The van der Waals surface area contributed by atoms with Crippen molar-refractivity contribution in [3.8, 4) is 5.75 Å². The Morgan fingerprint density at radius 1 is 1.52 bits per heavy atom. The molecule has 1 unspecified atom stereocenters. The molecule has 1 aliphatic rings. The number of likely N-dealkylation sites (N-methyl/N-ethyl adjacent to an activating group) is 1. The maximum Gasteiger partial charge on any atom is 0.308 e. The third-order valence-electron chi connectivity index (χ3n) is 3.61. The Labute approximate surface area is 123 Å². The zero-order valence-electron chi connectivity index (χ0n) is 12.5. The molecule has 1 N–H and O–H groups in total. The highest BCUT2D eigenvalue weighted by Crippen LogP contribution is 2.35. The maximum atomic E-state index is 11.8. The first-order valence-corrected chi connectivity index (χ1v) is 6.95. The molecule has 0 saturated carbocycles. The predicted octanol–water partition coefficient (Wildman–Crippen LogP) is 1.59. The van der Waals surface area contributed by atoms with Gasteiger partial charge in [0, 0.05) is 25.8 Å². The molecule has 0 radical (unpaired) electrons. The highest BCUT2D eigenvalue weighted by Gasteiger charge is 2.25. The van der Waals surface area contributed by atoms with Gasteiger partial charge in [0.2, 0.25) is 0 Å². The molecule has 1 heterocycles. The topological polar surface area (TPSA) is 70.1 Å². The summed E-state index contributed by atoms with van der Waals surface area (Å²) in [5.41, 5.74) is 1.60. The minimum atomic E-state index is -0.825. The van der Waals surface area contributed by atoms with E-state index in [0.717, 1.165) is 11.4 Å². The number of hydrogen-bond acceptors (Lipinski definition) is 4. The van der Waals surface area contributed by atoms with Gasteiger partial charge in [-0.3, -0.25) is 9.59 Å². The average molecular weight is 292 g/mol. The summed E-state index contributed by atoms with van der Waals surface area (Å²) in [5.74, 6) is -0.678. The van der Waals surface area contributed by atoms with Crippen LogP contribution in [0.4, 0.5) is 11.4 Å². The smallest absolute Gasteiger partial charge is 0.308 e. The molecule has 0 aromatic heterocycles. The van der Waals surface area contributed by atoms with Gasteiger partial charge in [0.05, 0.1) is 11.6 Å². The second kappa shape index (κ2) is 6.03. The molecule has 6 nitrogen and oxygen atoms in total. The predicted molar refractivity (Wildman–Crippen MR) is 80.0 cm³/mol. The number of carboxylic acid groups (broad SMARTS) is 1. The Morgan fingerprint density at radius 3 is 2.86 bits per heavy atom. The zero-order chi connectivity index (χ0) is 15.6. The molecule has 6 heteroatoms. The van der Waals surface area contributed by atoms with Gasteiger partial charge in [-0.1, -0.05) is 6.92 Å². The fourth-order valence-corrected chi connectivity index (χ4v) is 2.37. The number of carboxylic acids is 1. The van der Waals surface area contributed by atoms with Crippen molar-refractivity contribution >= 4 is 23.3 Å². The molecule has 0 aliphatic carbocycles. The van der Waals surface area contributed by atoms with Gasteiger partial charge in [0.1, 0.15) is 5.75 Å². The quantitative estimate of drug-likeness (QED) is 0.892. The van der Waals surface area contributed by atoms with Crippen molar-refractivity contribution in [3.63, 3.8) is 0 Å². The second-order valence-electron chi connectivity index (χ2n) is 5.20. The maximum absolute atomic E-state index is 11.8. The first-order valence-electron chi connectivity index (χ1n) is 6.95. The van der Waals surface area contributed by atoms with Crippen molar-refractivity contribution in [2.45, 2.75) is 13.8 Å². The van der Waals surface area contributed by atoms with Crippen LogP contribution in [0.25, 0.3) is 0 Å². The summed E-state index contributed by atoms with van der Waals surface area (Å²) in [5, 5.41) is 8.99. The number of hydrogen-bond donors (Lipinski definition) is 1. The second-order valence-corrected chi connectivity index (χ2v) is 5.20. The molecule has 1 aliphatic heterocycles. The van der Waals surface area contributed by atoms with Crippen LogP contribution in [0.15, 0.2) is 18.2 Å². The van der Waals surface area contributed by atoms with E-state index >= 15 is 0 Å². The van der Waals surface area contributed by atoms with Crippen LogP contribution in [0.1, 0.15) is 13.8 Å². The Bertz CT molecular complexity index is 559. The Kier molecular flexibility index (Phi) is 4.35. The first kappa shape index (κ1) is 15.2. The molecule has 0 fully saturated rings. The van der Waals surface area contributed by atoms with E-state index < -0.39 is 11.9 Å². The lowest BCUT2D eigenvalue weighted by atomic mass is 10.1. The van der Waals surface area contributed by atoms with Gasteiger partial charge in [0.25, 0.3) is 5.91 Å². The molecular formula is C15H20N2O4. The van der Waals surface area contributed by atoms with E-state index in [4.69, 9.17) is 9.84 Å². The van der Waals surface area contributed by atoms with Crippen LogP contribution in [0, 0.1) is 5.92 Å². The summed E-state index contributed by atoms with van der Waals surface area (Å²) in [4.78, 5) is 26.3. The number of nitrogens with zero attached hydrogens (tertiary/aromatic N) is 2. The summed E-state index contributed by atoms with van der Waals surface area (Å²) < 4.78 is 5.42. The van der Waals surface area contributed by atoms with Crippen LogP contribution in [0.3, 0.4) is 0 Å². The Hall–Kier alpha value is -2.24. The molecule has 1 atom stereocenters. The van der Waals surface area contributed by atoms with Crippen LogP contribution in [0.5, 0.6) is 5.75 Å². The molecule has 114 valence electrons. The average Bonchev–Trinajstić information content (AvgIpc) is 2.46. The van der Waals surface area contributed by atoms with Gasteiger partial charge < -0.3 is 19.6 Å². The Balaban J connectivity index is 2.25. The van der Waals surface area contributed by atoms with Crippen molar-refractivity contribution in [2.75, 3.05) is 36.5 Å². The standard InChI is InChI=1S/C15H20N2O4/c1-4-17-12-7-11(16(3)8-10(2)15(19)20)5-6-13(12)21-9-14(17)18/h5-7,10H,4,8-9H2,1-3H3,(H,19,20). The first-order chi connectivity index (χ1) is 9.93. The minimum Gasteiger partial charge on any atom is -0.482 e. The lowest BCUT2D eigenvalue weighted by Gasteiger charge is -2.30. The molecule has 0 bridgehead atoms. The van der Waals surface area contributed by atoms with E-state index in [2.05, 4.69) is 0 Å². The van der Waals surface area contributed by atoms with Gasteiger partial charge in [-0.05, 0) is 25.1 Å². The summed E-state index contributed by atoms with van der Waals surface area (Å²) in [6, 6.07) is 5.56. The van der Waals surface area contributed by atoms with Crippen molar-refractivity contribution in [1.82, 2.24) is 0 Å². The Morgan fingerprint density at radius 2 is 2.24 bits per heavy atom. The number of anilines is 2. The molecule has 21 heavy (non-hydrogen) atoms. The van der Waals surface area contributed by atoms with Crippen molar-refractivity contribution in [3.05, 3.63) is 18.2 Å². The number of carbonyl (C=O) groups excluding carboxylic acids is 1. The number of carbonyl (C=O) groups is 2. The van der Waals surface area contributed by atoms with Gasteiger partial charge >= 0.3 is 5.97 Å². The van der Waals surface area contributed by atoms with Crippen LogP contribution in [-0.2, 0) is 9.59 Å². The number of rotatable bonds is 5. The fourth-order valence-electron chi connectivity index (χ4n) is 2.37. The third-order valence-corrected chi connectivity index (χ3v) is 3.61. The molecule has 0 saturated heterocycles. The minimum absolute atomic E-state index is 0.0616. The molecular weight excluding hydrogens is 272 g/mol. The molecule has 1 amide bonds. The largest absolute Gasteiger partial charge is 0.482 e. The van der Waals surface area contributed by atoms with E-state index in [1.807, 2.05) is 37.1 Å². The van der Waals surface area contributed by atoms with E-state index in [-0.39, 0.29) is 12.5 Å². The van der Waals surface area contributed by atoms with Crippen molar-refractivity contribution in [2.24, 2.45) is 5.92 Å². The molecule has 0 spiro atoms. The van der Waals surface area contributed by atoms with Gasteiger partial charge in [-0.15, -0.1) is 0 Å². The summed E-state index contributed by atoms with van der Waals surface area (Å²) >= 11 is 0. The van der Waals surface area contributed by atoms with Crippen LogP contribution in [0.2, 0.25) is 0 Å². The SMILES string of the molecule is CCN1C(=O)COc2ccc(N(C)CC(C)C(=O)O)cc21. The van der Waals surface area contributed by atoms with Crippen LogP contribution < -0.4 is 14.5 Å². The lowest BCUT2D eigenvalue weighted by molar-refractivity contribution is -0.140. The normalized spacial score (nSPS) is 15.2. The van der Waals surface area contributed by atoms with Crippen LogP contribution >= 0.6 is 0 Å². The van der Waals surface area contributed by atoms with Crippen molar-refractivity contribution < 1.29 is 19.4 Å². The van der Waals surface area contributed by atoms with Gasteiger partial charge in [0.15, 0.2) is 6.61 Å². The van der Waals surface area contributed by atoms with E-state index in [0.29, 0.717) is 18.8 Å². The summed E-state index contributed by atoms with van der Waals surface area (Å²) in [7, 11) is 1.84. The van der Waals surface area contributed by atoms with Crippen molar-refractivity contribution in [1.29, 1.82) is 0 Å². The molecule has 2 rings (SSSR count). The number of benzene rings is 1. The molecule has 1 aromatic carbocycles. The number of aliphatic carboxylic acids is 1. The third kappa shape index (κ3) is 3.09. The van der Waals surface area contributed by atoms with Gasteiger partial charge in [-0.25, -0.2) is 0 Å². The lowest BCUT2D eigenvalue weighted by Crippen LogP contribution is -2.38. The monoisotopic (exact) mass is 292 g/mol. The number of amides is 1. The number of fused-ring (bicyclic) bond motifs is 1.